The molecule has 0 aromatic heterocycles. The predicted octanol–water partition coefficient (Wildman–Crippen LogP) is 1.86. The first-order valence-corrected chi connectivity index (χ1v) is 6.99. The van der Waals surface area contributed by atoms with Gasteiger partial charge in [-0.25, -0.2) is 0 Å². The van der Waals surface area contributed by atoms with Crippen molar-refractivity contribution < 1.29 is 9.63 Å². The van der Waals surface area contributed by atoms with Crippen LogP contribution in [0.5, 0.6) is 0 Å². The monoisotopic (exact) mass is 189 g/mol. The fraction of sp³-hybridized carbons (Fsp3) is 0.875. The van der Waals surface area contributed by atoms with E-state index in [0.29, 0.717) is 0 Å². The lowest BCUT2D eigenvalue weighted by atomic mass is 9.90. The Hall–Kier alpha value is -0.353. The number of hydrogen-bond acceptors (Lipinski definition) is 3. The van der Waals surface area contributed by atoms with Gasteiger partial charge in [-0.2, -0.15) is 0 Å². The molecule has 0 heterocycles. The first-order chi connectivity index (χ1) is 5.38. The van der Waals surface area contributed by atoms with Crippen molar-refractivity contribution in [2.75, 3.05) is 0 Å². The van der Waals surface area contributed by atoms with Gasteiger partial charge in [-0.1, -0.05) is 25.9 Å². The highest BCUT2D eigenvalue weighted by Gasteiger charge is 2.24. The zero-order valence-corrected chi connectivity index (χ0v) is 9.69. The lowest BCUT2D eigenvalue weighted by Gasteiger charge is -2.28. The molecule has 1 atom stereocenters. The van der Waals surface area contributed by atoms with E-state index in [9.17, 15) is 0 Å². The summed E-state index contributed by atoms with van der Waals surface area (Å²) in [6.07, 6.45) is 1.39. The summed E-state index contributed by atoms with van der Waals surface area (Å²) in [4.78, 5) is 0. The van der Waals surface area contributed by atoms with Crippen LogP contribution in [0.15, 0.2) is 5.16 Å². The maximum atomic E-state index is 8.42. The van der Waals surface area contributed by atoms with Crippen LogP contribution < -0.4 is 0 Å². The molecule has 0 amide bonds. The van der Waals surface area contributed by atoms with E-state index in [1.807, 2.05) is 0 Å². The number of rotatable bonds is 3. The Morgan fingerprint density at radius 3 is 2.17 bits per heavy atom. The van der Waals surface area contributed by atoms with Crippen LogP contribution in [0, 0.1) is 5.41 Å². The Kier molecular flexibility index (Phi) is 4.48. The van der Waals surface area contributed by atoms with E-state index >= 15 is 0 Å². The molecule has 0 aromatic carbocycles. The lowest BCUT2D eigenvalue weighted by Crippen LogP contribution is -2.34. The van der Waals surface area contributed by atoms with Gasteiger partial charge in [-0.15, -0.1) is 0 Å². The van der Waals surface area contributed by atoms with Crippen molar-refractivity contribution in [3.63, 3.8) is 0 Å². The van der Waals surface area contributed by atoms with Crippen LogP contribution in [-0.4, -0.2) is 26.6 Å². The molecule has 0 fully saturated rings. The molecule has 0 aliphatic heterocycles. The summed E-state index contributed by atoms with van der Waals surface area (Å²) in [5, 5.41) is 11.4. The fourth-order valence-electron chi connectivity index (χ4n) is 0.817. The lowest BCUT2D eigenvalue weighted by molar-refractivity contribution is 0.146. The zero-order valence-electron chi connectivity index (χ0n) is 8.53. The molecule has 1 unspecified atom stereocenters. The summed E-state index contributed by atoms with van der Waals surface area (Å²) in [7, 11) is -1.06. The largest absolute Gasteiger partial charge is 0.412 e. The van der Waals surface area contributed by atoms with Gasteiger partial charge in [0.1, 0.15) is 0 Å². The molecule has 0 aliphatic carbocycles. The number of oxime groups is 1. The zero-order chi connectivity index (χ0) is 9.78. The maximum absolute atomic E-state index is 8.42. The van der Waals surface area contributed by atoms with Crippen LogP contribution in [0.3, 0.4) is 0 Å². The normalized spacial score (nSPS) is 15.8. The minimum absolute atomic E-state index is 0.00347. The molecule has 0 radical (unpaired) electrons. The second-order valence-electron chi connectivity index (χ2n) is 4.24. The molecular formula is C8H19NO2Si. The van der Waals surface area contributed by atoms with Gasteiger partial charge >= 0.3 is 0 Å². The van der Waals surface area contributed by atoms with Crippen molar-refractivity contribution in [2.24, 2.45) is 10.6 Å². The molecular weight excluding hydrogens is 170 g/mol. The Morgan fingerprint density at radius 2 is 1.92 bits per heavy atom. The van der Waals surface area contributed by atoms with Gasteiger partial charge in [0.2, 0.25) is 0 Å². The molecule has 4 heteroatoms. The minimum Gasteiger partial charge on any atom is -0.412 e. The molecule has 0 aromatic rings. The summed E-state index contributed by atoms with van der Waals surface area (Å²) in [6.45, 7) is 10.4. The first kappa shape index (κ1) is 11.6. The Balaban J connectivity index is 4.24. The van der Waals surface area contributed by atoms with Gasteiger partial charge in [0.15, 0.2) is 9.04 Å². The van der Waals surface area contributed by atoms with Crippen molar-refractivity contribution in [1.29, 1.82) is 0 Å². The molecule has 72 valence electrons. The third-order valence-electron chi connectivity index (χ3n) is 1.47. The van der Waals surface area contributed by atoms with Gasteiger partial charge < -0.3 is 9.63 Å². The Labute approximate surface area is 76.2 Å². The SMILES string of the molecule is C[SiH](C)OC(C=NO)C(C)(C)C. The van der Waals surface area contributed by atoms with Gasteiger partial charge in [0, 0.05) is 0 Å². The van der Waals surface area contributed by atoms with Gasteiger partial charge in [-0.3, -0.25) is 0 Å². The van der Waals surface area contributed by atoms with Crippen LogP contribution in [0.2, 0.25) is 13.1 Å². The second kappa shape index (κ2) is 4.62. The molecule has 0 aliphatic rings. The highest BCUT2D eigenvalue weighted by molar-refractivity contribution is 6.48. The molecule has 0 bridgehead atoms. The van der Waals surface area contributed by atoms with E-state index < -0.39 is 9.04 Å². The van der Waals surface area contributed by atoms with Crippen molar-refractivity contribution in [1.82, 2.24) is 0 Å². The number of hydrogen-bond donors (Lipinski definition) is 1. The van der Waals surface area contributed by atoms with E-state index in [0.717, 1.165) is 0 Å². The molecule has 0 saturated carbocycles. The van der Waals surface area contributed by atoms with Crippen molar-refractivity contribution in [3.8, 4) is 0 Å². The molecule has 0 rings (SSSR count). The van der Waals surface area contributed by atoms with Crippen LogP contribution in [0.4, 0.5) is 0 Å². The summed E-state index contributed by atoms with van der Waals surface area (Å²) in [6, 6.07) is 0. The third kappa shape index (κ3) is 4.51. The molecule has 12 heavy (non-hydrogen) atoms. The van der Waals surface area contributed by atoms with Crippen LogP contribution in [0.1, 0.15) is 20.8 Å². The standard InChI is InChI=1S/C8H19NO2Si/c1-8(2,3)7(6-9-10)11-12(4)5/h6-7,10,12H,1-5H3. The van der Waals surface area contributed by atoms with Crippen LogP contribution in [0.25, 0.3) is 0 Å². The average molecular weight is 189 g/mol. The van der Waals surface area contributed by atoms with Gasteiger partial charge in [0.25, 0.3) is 0 Å². The van der Waals surface area contributed by atoms with E-state index in [1.54, 1.807) is 0 Å². The Morgan fingerprint density at radius 1 is 1.42 bits per heavy atom. The third-order valence-corrected chi connectivity index (χ3v) is 2.31. The van der Waals surface area contributed by atoms with Crippen LogP contribution >= 0.6 is 0 Å². The highest BCUT2D eigenvalue weighted by atomic mass is 28.3. The van der Waals surface area contributed by atoms with Crippen LogP contribution in [-0.2, 0) is 4.43 Å². The number of nitrogens with zero attached hydrogens (tertiary/aromatic N) is 1. The molecule has 3 nitrogen and oxygen atoms in total. The topological polar surface area (TPSA) is 41.8 Å². The highest BCUT2D eigenvalue weighted by Crippen LogP contribution is 2.21. The smallest absolute Gasteiger partial charge is 0.171 e. The van der Waals surface area contributed by atoms with Gasteiger partial charge in [0.05, 0.1) is 12.3 Å². The molecule has 0 saturated heterocycles. The first-order valence-electron chi connectivity index (χ1n) is 4.21. The maximum Gasteiger partial charge on any atom is 0.171 e. The predicted molar refractivity (Wildman–Crippen MR) is 53.5 cm³/mol. The summed E-state index contributed by atoms with van der Waals surface area (Å²) in [5.41, 5.74) is 0.00347. The van der Waals surface area contributed by atoms with E-state index in [-0.39, 0.29) is 11.5 Å². The molecule has 1 N–H and O–H groups in total. The van der Waals surface area contributed by atoms with E-state index in [2.05, 4.69) is 39.0 Å². The fourth-order valence-corrected chi connectivity index (χ4v) is 1.88. The summed E-state index contributed by atoms with van der Waals surface area (Å²) in [5.74, 6) is 0. The quantitative estimate of drug-likeness (QED) is 0.319. The second-order valence-corrected chi connectivity index (χ2v) is 6.61. The van der Waals surface area contributed by atoms with E-state index in [4.69, 9.17) is 9.63 Å². The van der Waals surface area contributed by atoms with E-state index in [1.165, 1.54) is 6.21 Å². The summed E-state index contributed by atoms with van der Waals surface area (Å²) < 4.78 is 5.68. The average Bonchev–Trinajstić information content (AvgIpc) is 1.83. The van der Waals surface area contributed by atoms with Crippen molar-refractivity contribution >= 4 is 15.3 Å². The van der Waals surface area contributed by atoms with Crippen molar-refractivity contribution in [2.45, 2.75) is 40.0 Å². The van der Waals surface area contributed by atoms with Gasteiger partial charge in [-0.05, 0) is 18.5 Å². The minimum atomic E-state index is -1.06. The Bertz CT molecular complexity index is 152. The molecule has 0 spiro atoms. The van der Waals surface area contributed by atoms with Crippen molar-refractivity contribution in [3.05, 3.63) is 0 Å². The summed E-state index contributed by atoms with van der Waals surface area (Å²) >= 11 is 0.